The van der Waals surface area contributed by atoms with E-state index in [9.17, 15) is 14.9 Å². The van der Waals surface area contributed by atoms with Crippen LogP contribution >= 0.6 is 0 Å². The number of hydrogen-bond acceptors (Lipinski definition) is 4. The summed E-state index contributed by atoms with van der Waals surface area (Å²) >= 11 is 0. The van der Waals surface area contributed by atoms with E-state index in [0.29, 0.717) is 31.5 Å². The van der Waals surface area contributed by atoms with Gasteiger partial charge in [-0.25, -0.2) is 0 Å². The smallest absolute Gasteiger partial charge is 0.309 e. The molecule has 1 saturated heterocycles. The van der Waals surface area contributed by atoms with E-state index in [0.717, 1.165) is 25.7 Å². The van der Waals surface area contributed by atoms with E-state index in [1.54, 1.807) is 4.90 Å². The zero-order valence-electron chi connectivity index (χ0n) is 14.4. The fourth-order valence-corrected chi connectivity index (χ4v) is 3.71. The van der Waals surface area contributed by atoms with Crippen LogP contribution in [0.25, 0.3) is 0 Å². The first-order valence-electron chi connectivity index (χ1n) is 9.13. The van der Waals surface area contributed by atoms with Gasteiger partial charge in [0, 0.05) is 18.7 Å². The minimum Gasteiger partial charge on any atom is -0.461 e. The number of carbonyl (C=O) groups is 2. The fraction of sp³-hybridized carbons (Fsp3) is 0.550. The summed E-state index contributed by atoms with van der Waals surface area (Å²) in [6, 6.07) is 11.5. The predicted octanol–water partition coefficient (Wildman–Crippen LogP) is 3.16. The van der Waals surface area contributed by atoms with E-state index in [1.165, 1.54) is 0 Å². The van der Waals surface area contributed by atoms with E-state index in [-0.39, 0.29) is 29.8 Å². The number of amides is 1. The van der Waals surface area contributed by atoms with Gasteiger partial charge in [-0.2, -0.15) is 5.26 Å². The SMILES string of the molecule is N#C[C@@H]1CCCC[C@@H]1OC(=O)C1CCN(C(=O)c2ccccc2)CC1. The Morgan fingerprint density at radius 3 is 2.40 bits per heavy atom. The molecule has 0 radical (unpaired) electrons. The lowest BCUT2D eigenvalue weighted by Gasteiger charge is -2.33. The third-order valence-electron chi connectivity index (χ3n) is 5.27. The molecule has 1 heterocycles. The second-order valence-electron chi connectivity index (χ2n) is 6.93. The number of nitrogens with zero attached hydrogens (tertiary/aromatic N) is 2. The second-order valence-corrected chi connectivity index (χ2v) is 6.93. The molecule has 0 aromatic heterocycles. The Hall–Kier alpha value is -2.35. The molecule has 132 valence electrons. The molecule has 2 aliphatic rings. The van der Waals surface area contributed by atoms with Gasteiger partial charge in [-0.15, -0.1) is 0 Å². The van der Waals surface area contributed by atoms with Gasteiger partial charge >= 0.3 is 5.97 Å². The average Bonchev–Trinajstić information content (AvgIpc) is 2.68. The first-order chi connectivity index (χ1) is 12.2. The van der Waals surface area contributed by atoms with Gasteiger partial charge in [0.15, 0.2) is 0 Å². The van der Waals surface area contributed by atoms with Crippen LogP contribution in [0.2, 0.25) is 0 Å². The van der Waals surface area contributed by atoms with Gasteiger partial charge in [0.1, 0.15) is 6.10 Å². The van der Waals surface area contributed by atoms with E-state index < -0.39 is 0 Å². The predicted molar refractivity (Wildman–Crippen MR) is 92.5 cm³/mol. The van der Waals surface area contributed by atoms with Crippen LogP contribution in [-0.2, 0) is 9.53 Å². The Morgan fingerprint density at radius 1 is 1.04 bits per heavy atom. The molecule has 0 unspecified atom stereocenters. The van der Waals surface area contributed by atoms with Crippen molar-refractivity contribution in [1.82, 2.24) is 4.90 Å². The normalized spacial score (nSPS) is 24.4. The maximum atomic E-state index is 12.4. The molecule has 5 heteroatoms. The van der Waals surface area contributed by atoms with Crippen LogP contribution in [0.4, 0.5) is 0 Å². The molecule has 3 rings (SSSR count). The van der Waals surface area contributed by atoms with Crippen LogP contribution in [-0.4, -0.2) is 36.0 Å². The minimum atomic E-state index is -0.254. The van der Waals surface area contributed by atoms with Gasteiger partial charge in [-0.1, -0.05) is 24.6 Å². The Balaban J connectivity index is 1.51. The van der Waals surface area contributed by atoms with Gasteiger partial charge in [0.05, 0.1) is 17.9 Å². The molecule has 1 aromatic carbocycles. The topological polar surface area (TPSA) is 70.4 Å². The van der Waals surface area contributed by atoms with Gasteiger partial charge in [-0.3, -0.25) is 9.59 Å². The molecular weight excluding hydrogens is 316 g/mol. The van der Waals surface area contributed by atoms with Crippen molar-refractivity contribution in [3.05, 3.63) is 35.9 Å². The molecule has 0 N–H and O–H groups in total. The third-order valence-corrected chi connectivity index (χ3v) is 5.27. The van der Waals surface area contributed by atoms with Crippen LogP contribution in [0.5, 0.6) is 0 Å². The summed E-state index contributed by atoms with van der Waals surface area (Å²) in [6.07, 6.45) is 4.65. The summed E-state index contributed by atoms with van der Waals surface area (Å²) in [4.78, 5) is 26.7. The van der Waals surface area contributed by atoms with Crippen LogP contribution < -0.4 is 0 Å². The molecule has 1 amide bonds. The number of ether oxygens (including phenoxy) is 1. The molecule has 0 spiro atoms. The first-order valence-corrected chi connectivity index (χ1v) is 9.13. The molecule has 1 aliphatic heterocycles. The van der Waals surface area contributed by atoms with Crippen LogP contribution in [0.1, 0.15) is 48.9 Å². The van der Waals surface area contributed by atoms with E-state index in [1.807, 2.05) is 30.3 Å². The third kappa shape index (κ3) is 4.19. The summed E-state index contributed by atoms with van der Waals surface area (Å²) < 4.78 is 5.65. The highest BCUT2D eigenvalue weighted by Crippen LogP contribution is 2.28. The van der Waals surface area contributed by atoms with E-state index in [4.69, 9.17) is 4.74 Å². The first kappa shape index (κ1) is 17.5. The monoisotopic (exact) mass is 340 g/mol. The number of hydrogen-bond donors (Lipinski definition) is 0. The number of nitriles is 1. The number of benzene rings is 1. The van der Waals surface area contributed by atoms with Crippen molar-refractivity contribution in [2.75, 3.05) is 13.1 Å². The number of esters is 1. The van der Waals surface area contributed by atoms with E-state index >= 15 is 0 Å². The molecule has 1 aliphatic carbocycles. The van der Waals surface area contributed by atoms with Crippen molar-refractivity contribution in [1.29, 1.82) is 5.26 Å². The molecule has 2 atom stereocenters. The Morgan fingerprint density at radius 2 is 1.72 bits per heavy atom. The summed E-state index contributed by atoms with van der Waals surface area (Å²) in [7, 11) is 0. The zero-order valence-corrected chi connectivity index (χ0v) is 14.4. The number of rotatable bonds is 3. The molecule has 1 saturated carbocycles. The zero-order chi connectivity index (χ0) is 17.6. The molecule has 1 aromatic rings. The van der Waals surface area contributed by atoms with Crippen molar-refractivity contribution in [2.24, 2.45) is 11.8 Å². The number of carbonyl (C=O) groups excluding carboxylic acids is 2. The molecule has 0 bridgehead atoms. The van der Waals surface area contributed by atoms with Crippen molar-refractivity contribution >= 4 is 11.9 Å². The van der Waals surface area contributed by atoms with Gasteiger partial charge in [0.25, 0.3) is 5.91 Å². The Labute approximate surface area is 148 Å². The van der Waals surface area contributed by atoms with Crippen molar-refractivity contribution in [3.8, 4) is 6.07 Å². The maximum Gasteiger partial charge on any atom is 0.309 e. The van der Waals surface area contributed by atoms with Crippen molar-refractivity contribution < 1.29 is 14.3 Å². The summed E-state index contributed by atoms with van der Waals surface area (Å²) in [5.41, 5.74) is 0.683. The van der Waals surface area contributed by atoms with Crippen molar-refractivity contribution in [2.45, 2.75) is 44.6 Å². The second kappa shape index (κ2) is 8.15. The lowest BCUT2D eigenvalue weighted by Crippen LogP contribution is -2.41. The summed E-state index contributed by atoms with van der Waals surface area (Å²) in [6.45, 7) is 1.14. The van der Waals surface area contributed by atoms with Gasteiger partial charge in [0.2, 0.25) is 0 Å². The highest BCUT2D eigenvalue weighted by atomic mass is 16.5. The standard InChI is InChI=1S/C20H24N2O3/c21-14-17-8-4-5-9-18(17)25-20(24)16-10-12-22(13-11-16)19(23)15-6-2-1-3-7-15/h1-3,6-7,16-18H,4-5,8-13H2/t17-,18-/m0/s1. The Bertz CT molecular complexity index is 645. The maximum absolute atomic E-state index is 12.4. The molecular formula is C20H24N2O3. The van der Waals surface area contributed by atoms with Crippen LogP contribution in [0.15, 0.2) is 30.3 Å². The van der Waals surface area contributed by atoms with Gasteiger partial charge in [-0.05, 0) is 44.2 Å². The Kier molecular flexibility index (Phi) is 5.70. The van der Waals surface area contributed by atoms with Gasteiger partial charge < -0.3 is 9.64 Å². The fourth-order valence-electron chi connectivity index (χ4n) is 3.71. The molecule has 25 heavy (non-hydrogen) atoms. The summed E-state index contributed by atoms with van der Waals surface area (Å²) in [5.74, 6) is -0.512. The lowest BCUT2D eigenvalue weighted by atomic mass is 9.87. The lowest BCUT2D eigenvalue weighted by molar-refractivity contribution is -0.158. The minimum absolute atomic E-state index is 0.0178. The van der Waals surface area contributed by atoms with Crippen LogP contribution in [0, 0.1) is 23.2 Å². The largest absolute Gasteiger partial charge is 0.461 e. The summed E-state index contributed by atoms with van der Waals surface area (Å²) in [5, 5.41) is 9.20. The number of piperidine rings is 1. The molecule has 2 fully saturated rings. The van der Waals surface area contributed by atoms with Crippen molar-refractivity contribution in [3.63, 3.8) is 0 Å². The average molecular weight is 340 g/mol. The highest BCUT2D eigenvalue weighted by molar-refractivity contribution is 5.94. The number of likely N-dealkylation sites (tertiary alicyclic amines) is 1. The highest BCUT2D eigenvalue weighted by Gasteiger charge is 2.33. The van der Waals surface area contributed by atoms with Crippen LogP contribution in [0.3, 0.4) is 0 Å². The quantitative estimate of drug-likeness (QED) is 0.793. The molecule has 5 nitrogen and oxygen atoms in total. The van der Waals surface area contributed by atoms with E-state index in [2.05, 4.69) is 6.07 Å².